The van der Waals surface area contributed by atoms with Crippen LogP contribution in [-0.2, 0) is 6.54 Å². The van der Waals surface area contributed by atoms with Crippen LogP contribution >= 0.6 is 23.2 Å². The Kier molecular flexibility index (Phi) is 5.36. The van der Waals surface area contributed by atoms with Gasteiger partial charge in [0.15, 0.2) is 0 Å². The molecule has 0 atom stereocenters. The van der Waals surface area contributed by atoms with Crippen molar-refractivity contribution in [1.29, 1.82) is 0 Å². The van der Waals surface area contributed by atoms with E-state index in [4.69, 9.17) is 32.9 Å². The Bertz CT molecular complexity index is 909. The van der Waals surface area contributed by atoms with Gasteiger partial charge < -0.3 is 20.3 Å². The van der Waals surface area contributed by atoms with E-state index >= 15 is 0 Å². The van der Waals surface area contributed by atoms with Gasteiger partial charge in [0.25, 0.3) is 0 Å². The van der Waals surface area contributed by atoms with Crippen molar-refractivity contribution in [2.24, 2.45) is 4.99 Å². The molecule has 148 valence electrons. The monoisotopic (exact) mass is 419 g/mol. The van der Waals surface area contributed by atoms with Crippen LogP contribution in [0.5, 0.6) is 5.88 Å². The van der Waals surface area contributed by atoms with E-state index < -0.39 is 0 Å². The number of rotatable bonds is 3. The van der Waals surface area contributed by atoms with Crippen molar-refractivity contribution in [3.63, 3.8) is 0 Å². The Morgan fingerprint density at radius 3 is 2.71 bits per heavy atom. The van der Waals surface area contributed by atoms with Crippen LogP contribution in [-0.4, -0.2) is 48.5 Å². The van der Waals surface area contributed by atoms with E-state index in [1.165, 1.54) is 0 Å². The zero-order valence-electron chi connectivity index (χ0n) is 15.9. The van der Waals surface area contributed by atoms with Crippen LogP contribution in [0, 0.1) is 0 Å². The number of nitrogens with one attached hydrogen (secondary N) is 2. The molecular weight excluding hydrogens is 397 g/mol. The summed E-state index contributed by atoms with van der Waals surface area (Å²) in [5.74, 6) is 1.53. The molecule has 1 spiro atoms. The first kappa shape index (κ1) is 19.3. The number of pyridine rings is 1. The summed E-state index contributed by atoms with van der Waals surface area (Å²) in [4.78, 5) is 11.4. The molecule has 0 bridgehead atoms. The zero-order valence-corrected chi connectivity index (χ0v) is 17.4. The van der Waals surface area contributed by atoms with Crippen molar-refractivity contribution in [3.05, 3.63) is 46.1 Å². The van der Waals surface area contributed by atoms with Crippen LogP contribution in [0.15, 0.2) is 35.5 Å². The van der Waals surface area contributed by atoms with Crippen molar-refractivity contribution in [2.75, 3.05) is 32.6 Å². The van der Waals surface area contributed by atoms with Crippen LogP contribution in [0.25, 0.3) is 0 Å². The summed E-state index contributed by atoms with van der Waals surface area (Å²) in [6, 6.07) is 7.58. The fourth-order valence-electron chi connectivity index (χ4n) is 3.70. The number of piperidine rings is 1. The van der Waals surface area contributed by atoms with Gasteiger partial charge in [-0.3, -0.25) is 0 Å². The second kappa shape index (κ2) is 7.78. The maximum absolute atomic E-state index is 6.24. The summed E-state index contributed by atoms with van der Waals surface area (Å²) in [7, 11) is 3.77. The molecule has 1 fully saturated rings. The topological polar surface area (TPSA) is 61.8 Å². The number of halogens is 2. The van der Waals surface area contributed by atoms with Crippen molar-refractivity contribution in [2.45, 2.75) is 24.9 Å². The smallest absolute Gasteiger partial charge is 0.213 e. The molecular formula is C20H23Cl2N5O. The van der Waals surface area contributed by atoms with Crippen molar-refractivity contribution in [1.82, 2.24) is 15.2 Å². The summed E-state index contributed by atoms with van der Waals surface area (Å²) in [6.07, 6.45) is 3.66. The lowest BCUT2D eigenvalue weighted by Crippen LogP contribution is -2.58. The first-order chi connectivity index (χ1) is 13.5. The lowest BCUT2D eigenvalue weighted by molar-refractivity contribution is 0.238. The van der Waals surface area contributed by atoms with Gasteiger partial charge in [0.05, 0.1) is 34.1 Å². The molecule has 2 N–H and O–H groups in total. The molecule has 1 aromatic carbocycles. The van der Waals surface area contributed by atoms with Crippen molar-refractivity contribution < 1.29 is 4.74 Å². The number of hydrogen-bond acceptors (Lipinski definition) is 6. The Labute approximate surface area is 174 Å². The Morgan fingerprint density at radius 2 is 1.96 bits per heavy atom. The third-order valence-corrected chi connectivity index (χ3v) is 6.13. The summed E-state index contributed by atoms with van der Waals surface area (Å²) in [5.41, 5.74) is 2.56. The average molecular weight is 420 g/mol. The molecule has 2 aromatic rings. The second-order valence-electron chi connectivity index (χ2n) is 7.31. The summed E-state index contributed by atoms with van der Waals surface area (Å²) < 4.78 is 5.22. The minimum Gasteiger partial charge on any atom is -0.481 e. The quantitative estimate of drug-likeness (QED) is 0.783. The first-order valence-corrected chi connectivity index (χ1v) is 10.0. The van der Waals surface area contributed by atoms with Crippen LogP contribution in [0.3, 0.4) is 0 Å². The van der Waals surface area contributed by atoms with Gasteiger partial charge in [0.1, 0.15) is 5.84 Å². The maximum atomic E-state index is 6.24. The molecule has 0 saturated carbocycles. The minimum absolute atomic E-state index is 0.242. The molecule has 0 unspecified atom stereocenters. The Morgan fingerprint density at radius 1 is 1.21 bits per heavy atom. The van der Waals surface area contributed by atoms with Gasteiger partial charge in [0, 0.05) is 31.9 Å². The number of aromatic nitrogens is 1. The number of likely N-dealkylation sites (tertiary alicyclic amines) is 1. The second-order valence-corrected chi connectivity index (χ2v) is 8.13. The molecule has 0 amide bonds. The molecule has 28 heavy (non-hydrogen) atoms. The number of aliphatic imine (C=N–C) groups is 1. The molecule has 2 aliphatic heterocycles. The third-order valence-electron chi connectivity index (χ3n) is 5.41. The van der Waals surface area contributed by atoms with E-state index in [0.29, 0.717) is 22.5 Å². The highest BCUT2D eigenvalue weighted by molar-refractivity contribution is 6.42. The SMILES string of the molecule is COc1cc(CNC2=Nc3cc(Cl)c(Cl)cc3NC23CCN(C)CC3)ccn1. The van der Waals surface area contributed by atoms with E-state index in [0.717, 1.165) is 48.7 Å². The molecule has 1 aromatic heterocycles. The number of benzene rings is 1. The fourth-order valence-corrected chi connectivity index (χ4v) is 4.02. The molecule has 4 rings (SSSR count). The van der Waals surface area contributed by atoms with Crippen molar-refractivity contribution in [3.8, 4) is 5.88 Å². The minimum atomic E-state index is -0.242. The molecule has 0 radical (unpaired) electrons. The number of nitrogens with zero attached hydrogens (tertiary/aromatic N) is 3. The standard InChI is InChI=1S/C20H23Cl2N5O/c1-27-7-4-20(5-8-27)19(24-12-13-3-6-23-18(9-13)28-2)25-16-10-14(21)15(22)11-17(16)26-20/h3,6,9-11,26H,4-5,7-8,12H2,1-2H3,(H,24,25). The number of ether oxygens (including phenoxy) is 1. The van der Waals surface area contributed by atoms with Crippen LogP contribution in [0.4, 0.5) is 11.4 Å². The molecule has 2 aliphatic rings. The van der Waals surface area contributed by atoms with Crippen LogP contribution < -0.4 is 15.4 Å². The van der Waals surface area contributed by atoms with E-state index in [9.17, 15) is 0 Å². The highest BCUT2D eigenvalue weighted by Gasteiger charge is 2.41. The van der Waals surface area contributed by atoms with E-state index in [2.05, 4.69) is 27.6 Å². The van der Waals surface area contributed by atoms with E-state index in [1.807, 2.05) is 24.3 Å². The highest BCUT2D eigenvalue weighted by Crippen LogP contribution is 2.41. The zero-order chi connectivity index (χ0) is 19.7. The van der Waals surface area contributed by atoms with Gasteiger partial charge in [0.2, 0.25) is 5.88 Å². The number of methoxy groups -OCH3 is 1. The number of fused-ring (bicyclic) bond motifs is 1. The largest absolute Gasteiger partial charge is 0.481 e. The van der Waals surface area contributed by atoms with E-state index in [1.54, 1.807) is 13.3 Å². The maximum Gasteiger partial charge on any atom is 0.213 e. The molecule has 6 nitrogen and oxygen atoms in total. The summed E-state index contributed by atoms with van der Waals surface area (Å²) in [5, 5.41) is 8.30. The van der Waals surface area contributed by atoms with Gasteiger partial charge in [-0.2, -0.15) is 0 Å². The molecule has 3 heterocycles. The average Bonchev–Trinajstić information content (AvgIpc) is 2.70. The normalized spacial score (nSPS) is 18.2. The van der Waals surface area contributed by atoms with Crippen molar-refractivity contribution >= 4 is 40.4 Å². The van der Waals surface area contributed by atoms with Crippen LogP contribution in [0.2, 0.25) is 10.0 Å². The van der Waals surface area contributed by atoms with Crippen LogP contribution in [0.1, 0.15) is 18.4 Å². The third kappa shape index (κ3) is 3.77. The number of amidine groups is 1. The fraction of sp³-hybridized carbons (Fsp3) is 0.400. The first-order valence-electron chi connectivity index (χ1n) is 9.27. The van der Waals surface area contributed by atoms with Gasteiger partial charge in [-0.1, -0.05) is 23.2 Å². The predicted molar refractivity (Wildman–Crippen MR) is 114 cm³/mol. The molecule has 0 aliphatic carbocycles. The summed E-state index contributed by atoms with van der Waals surface area (Å²) >= 11 is 12.5. The highest BCUT2D eigenvalue weighted by atomic mass is 35.5. The van der Waals surface area contributed by atoms with Gasteiger partial charge in [-0.05, 0) is 43.7 Å². The van der Waals surface area contributed by atoms with E-state index in [-0.39, 0.29) is 5.54 Å². The molecule has 1 saturated heterocycles. The van der Waals surface area contributed by atoms with Gasteiger partial charge in [-0.15, -0.1) is 0 Å². The number of hydrogen-bond donors (Lipinski definition) is 2. The lowest BCUT2D eigenvalue weighted by Gasteiger charge is -2.45. The molecule has 8 heteroatoms. The Hall–Kier alpha value is -2.02. The van der Waals surface area contributed by atoms with Gasteiger partial charge >= 0.3 is 0 Å². The lowest BCUT2D eigenvalue weighted by atomic mass is 9.84. The van der Waals surface area contributed by atoms with Gasteiger partial charge in [-0.25, -0.2) is 9.98 Å². The Balaban J connectivity index is 1.65. The predicted octanol–water partition coefficient (Wildman–Crippen LogP) is 4.11. The summed E-state index contributed by atoms with van der Waals surface area (Å²) in [6.45, 7) is 2.62. The number of anilines is 1.